The number of H-pyrrole nitrogens is 1. The van der Waals surface area contributed by atoms with E-state index in [1.807, 2.05) is 18.2 Å². The highest BCUT2D eigenvalue weighted by molar-refractivity contribution is 7.18. The van der Waals surface area contributed by atoms with E-state index in [2.05, 4.69) is 37.7 Å². The molecule has 5 rings (SSSR count). The standard InChI is InChI=1S/C23H21F3N6S.ClH/c24-23(25,26)9-18-8-19-21(29-12-30-22(19)33-18)32-16-3-2-15(7-16)28-11-13-1-4-20-14(5-13)6-17(10-27)31-20;/h1,4-6,8,12,15-16,28,31H,2-3,7,9,11H2,(H,29,30,32);1H/t15-,16-;/m1./s1. The molecule has 2 atom stereocenters. The SMILES string of the molecule is Cl.N#Cc1cc2cc(CN[C@@H]3CC[C@@H](Nc4ncnc5sc(CC(F)(F)F)cc45)C3)ccc2[nH]1. The maximum absolute atomic E-state index is 12.8. The molecule has 178 valence electrons. The highest BCUT2D eigenvalue weighted by Crippen LogP contribution is 2.33. The van der Waals surface area contributed by atoms with Crippen LogP contribution in [0.15, 0.2) is 36.7 Å². The van der Waals surface area contributed by atoms with Crippen molar-refractivity contribution in [2.45, 2.75) is 50.5 Å². The number of alkyl halides is 3. The summed E-state index contributed by atoms with van der Waals surface area (Å²) < 4.78 is 38.3. The van der Waals surface area contributed by atoms with Crippen molar-refractivity contribution in [2.24, 2.45) is 0 Å². The average molecular weight is 507 g/mol. The van der Waals surface area contributed by atoms with Gasteiger partial charge in [0.05, 0.1) is 11.8 Å². The zero-order chi connectivity index (χ0) is 23.0. The van der Waals surface area contributed by atoms with Crippen LogP contribution < -0.4 is 10.6 Å². The molecule has 0 radical (unpaired) electrons. The van der Waals surface area contributed by atoms with Crippen LogP contribution in [0.2, 0.25) is 0 Å². The monoisotopic (exact) mass is 506 g/mol. The molecule has 4 aromatic rings. The van der Waals surface area contributed by atoms with E-state index in [1.54, 1.807) is 6.07 Å². The third-order valence-corrected chi connectivity index (χ3v) is 6.97. The summed E-state index contributed by atoms with van der Waals surface area (Å²) >= 11 is 1.06. The first-order valence-corrected chi connectivity index (χ1v) is 11.5. The summed E-state index contributed by atoms with van der Waals surface area (Å²) in [6.45, 7) is 0.726. The Morgan fingerprint density at radius 2 is 1.97 bits per heavy atom. The van der Waals surface area contributed by atoms with Gasteiger partial charge in [-0.1, -0.05) is 6.07 Å². The van der Waals surface area contributed by atoms with Crippen LogP contribution in [0.25, 0.3) is 21.1 Å². The van der Waals surface area contributed by atoms with E-state index in [0.717, 1.165) is 53.6 Å². The molecular formula is C23H22ClF3N6S. The van der Waals surface area contributed by atoms with Gasteiger partial charge in [0.15, 0.2) is 0 Å². The predicted molar refractivity (Wildman–Crippen MR) is 129 cm³/mol. The van der Waals surface area contributed by atoms with Crippen molar-refractivity contribution in [3.63, 3.8) is 0 Å². The van der Waals surface area contributed by atoms with Crippen LogP contribution in [0.5, 0.6) is 0 Å². The second-order valence-corrected chi connectivity index (χ2v) is 9.51. The molecule has 0 amide bonds. The van der Waals surface area contributed by atoms with Gasteiger partial charge >= 0.3 is 6.18 Å². The summed E-state index contributed by atoms with van der Waals surface area (Å²) in [6.07, 6.45) is -0.940. The highest BCUT2D eigenvalue weighted by Gasteiger charge is 2.29. The van der Waals surface area contributed by atoms with E-state index in [-0.39, 0.29) is 23.3 Å². The third-order valence-electron chi connectivity index (χ3n) is 5.93. The molecule has 3 N–H and O–H groups in total. The number of thiophene rings is 1. The lowest BCUT2D eigenvalue weighted by Gasteiger charge is -2.15. The van der Waals surface area contributed by atoms with Gasteiger partial charge < -0.3 is 15.6 Å². The van der Waals surface area contributed by atoms with Crippen molar-refractivity contribution in [3.8, 4) is 6.07 Å². The van der Waals surface area contributed by atoms with Crippen molar-refractivity contribution < 1.29 is 13.2 Å². The van der Waals surface area contributed by atoms with Gasteiger partial charge in [-0.25, -0.2) is 9.97 Å². The lowest BCUT2D eigenvalue weighted by molar-refractivity contribution is -0.126. The first-order chi connectivity index (χ1) is 15.9. The molecule has 1 aliphatic rings. The van der Waals surface area contributed by atoms with E-state index in [1.165, 1.54) is 6.33 Å². The number of aromatic nitrogens is 3. The van der Waals surface area contributed by atoms with Crippen LogP contribution in [0.3, 0.4) is 0 Å². The number of fused-ring (bicyclic) bond motifs is 2. The van der Waals surface area contributed by atoms with E-state index >= 15 is 0 Å². The topological polar surface area (TPSA) is 89.4 Å². The van der Waals surface area contributed by atoms with Gasteiger partial charge in [0.2, 0.25) is 0 Å². The van der Waals surface area contributed by atoms with Gasteiger partial charge in [0.25, 0.3) is 0 Å². The molecule has 1 aromatic carbocycles. The molecular weight excluding hydrogens is 485 g/mol. The maximum Gasteiger partial charge on any atom is 0.393 e. The van der Waals surface area contributed by atoms with E-state index < -0.39 is 12.6 Å². The molecule has 3 heterocycles. The molecule has 0 aliphatic heterocycles. The van der Waals surface area contributed by atoms with Gasteiger partial charge in [0, 0.05) is 34.4 Å². The summed E-state index contributed by atoms with van der Waals surface area (Å²) in [6, 6.07) is 12.2. The molecule has 1 aliphatic carbocycles. The first-order valence-electron chi connectivity index (χ1n) is 10.7. The molecule has 3 aromatic heterocycles. The molecule has 34 heavy (non-hydrogen) atoms. The Labute approximate surface area is 204 Å². The van der Waals surface area contributed by atoms with Crippen LogP contribution in [0.1, 0.15) is 35.4 Å². The molecule has 0 bridgehead atoms. The fourth-order valence-corrected chi connectivity index (χ4v) is 5.44. The maximum atomic E-state index is 12.8. The first kappa shape index (κ1) is 24.3. The molecule has 0 unspecified atom stereocenters. The fraction of sp³-hybridized carbons (Fsp3) is 0.348. The van der Waals surface area contributed by atoms with Crippen molar-refractivity contribution in [1.29, 1.82) is 5.26 Å². The molecule has 1 fully saturated rings. The third kappa shape index (κ3) is 5.43. The Morgan fingerprint density at radius 3 is 2.76 bits per heavy atom. The van der Waals surface area contributed by atoms with Crippen LogP contribution in [0.4, 0.5) is 19.0 Å². The Hall–Kier alpha value is -2.87. The summed E-state index contributed by atoms with van der Waals surface area (Å²) in [5.41, 5.74) is 2.65. The smallest absolute Gasteiger partial charge is 0.367 e. The highest BCUT2D eigenvalue weighted by atomic mass is 35.5. The number of rotatable bonds is 6. The minimum Gasteiger partial charge on any atom is -0.367 e. The van der Waals surface area contributed by atoms with E-state index in [4.69, 9.17) is 5.26 Å². The number of hydrogen-bond donors (Lipinski definition) is 3. The Bertz CT molecular complexity index is 1340. The number of anilines is 1. The summed E-state index contributed by atoms with van der Waals surface area (Å²) in [5.74, 6) is 0.599. The van der Waals surface area contributed by atoms with Crippen molar-refractivity contribution >= 4 is 50.7 Å². The molecule has 0 saturated heterocycles. The summed E-state index contributed by atoms with van der Waals surface area (Å²) in [4.78, 5) is 12.3. The number of nitriles is 1. The normalized spacial score (nSPS) is 18.2. The predicted octanol–water partition coefficient (Wildman–Crippen LogP) is 5.69. The lowest BCUT2D eigenvalue weighted by Crippen LogP contribution is -2.27. The van der Waals surface area contributed by atoms with Crippen molar-refractivity contribution in [1.82, 2.24) is 20.3 Å². The second kappa shape index (κ2) is 9.78. The number of aromatic amines is 1. The van der Waals surface area contributed by atoms with Crippen LogP contribution in [0, 0.1) is 11.3 Å². The van der Waals surface area contributed by atoms with Gasteiger partial charge in [0.1, 0.15) is 28.7 Å². The minimum absolute atomic E-state index is 0. The van der Waals surface area contributed by atoms with E-state index in [9.17, 15) is 13.2 Å². The van der Waals surface area contributed by atoms with Gasteiger partial charge in [-0.05, 0) is 49.1 Å². The molecule has 11 heteroatoms. The van der Waals surface area contributed by atoms with Crippen LogP contribution in [-0.4, -0.2) is 33.2 Å². The van der Waals surface area contributed by atoms with Gasteiger partial charge in [-0.2, -0.15) is 18.4 Å². The Balaban J connectivity index is 0.00000274. The molecule has 1 saturated carbocycles. The number of nitrogens with one attached hydrogen (secondary N) is 3. The number of hydrogen-bond acceptors (Lipinski definition) is 6. The van der Waals surface area contributed by atoms with Crippen LogP contribution >= 0.6 is 23.7 Å². The Morgan fingerprint density at radius 1 is 1.15 bits per heavy atom. The summed E-state index contributed by atoms with van der Waals surface area (Å²) in [7, 11) is 0. The van der Waals surface area contributed by atoms with Crippen molar-refractivity contribution in [3.05, 3.63) is 52.8 Å². The Kier molecular flexibility index (Phi) is 6.98. The molecule has 6 nitrogen and oxygen atoms in total. The zero-order valence-corrected chi connectivity index (χ0v) is 19.6. The fourth-order valence-electron chi connectivity index (χ4n) is 4.41. The molecule has 0 spiro atoms. The largest absolute Gasteiger partial charge is 0.393 e. The zero-order valence-electron chi connectivity index (χ0n) is 17.9. The average Bonchev–Trinajstić information content (AvgIpc) is 3.48. The van der Waals surface area contributed by atoms with E-state index in [0.29, 0.717) is 27.8 Å². The van der Waals surface area contributed by atoms with Gasteiger partial charge in [-0.3, -0.25) is 0 Å². The van der Waals surface area contributed by atoms with Gasteiger partial charge in [-0.15, -0.1) is 23.7 Å². The quantitative estimate of drug-likeness (QED) is 0.312. The summed E-state index contributed by atoms with van der Waals surface area (Å²) in [5, 5.41) is 17.7. The number of benzene rings is 1. The number of nitrogens with zero attached hydrogens (tertiary/aromatic N) is 3. The minimum atomic E-state index is -4.24. The van der Waals surface area contributed by atoms with Crippen molar-refractivity contribution in [2.75, 3.05) is 5.32 Å². The second-order valence-electron chi connectivity index (χ2n) is 8.39. The van der Waals surface area contributed by atoms with Crippen LogP contribution in [-0.2, 0) is 13.0 Å². The number of halogens is 4. The lowest BCUT2D eigenvalue weighted by atomic mass is 10.1.